The van der Waals surface area contributed by atoms with E-state index in [9.17, 15) is 14.7 Å². The molecule has 11 heteroatoms. The van der Waals surface area contributed by atoms with Gasteiger partial charge in [-0.1, -0.05) is 6.07 Å². The molecule has 1 aromatic heterocycles. The van der Waals surface area contributed by atoms with E-state index in [1.54, 1.807) is 54.6 Å². The van der Waals surface area contributed by atoms with Gasteiger partial charge in [0.1, 0.15) is 16.8 Å². The van der Waals surface area contributed by atoms with E-state index in [0.29, 0.717) is 45.2 Å². The second kappa shape index (κ2) is 13.8. The van der Waals surface area contributed by atoms with Crippen molar-refractivity contribution in [3.8, 4) is 23.0 Å². The standard InChI is InChI=1S/C29H28N2O7S.Na/c1-16(2)38-28-24(36-4)13-17(14-25(28)37-5)12-21(27(32)18-6-9-20(35-3)10-7-18)26(29(33)34)19-8-11-22-23(15-19)31-39-30-22;/h6-11,13-16H,12H2,1-5H3,(H,33,34);/q;+1/p-1. The Bertz CT molecular complexity index is 1520. The predicted molar refractivity (Wildman–Crippen MR) is 146 cm³/mol. The predicted octanol–water partition coefficient (Wildman–Crippen LogP) is 1.14. The zero-order valence-electron chi connectivity index (χ0n) is 23.1. The van der Waals surface area contributed by atoms with Crippen LogP contribution in [0.1, 0.15) is 35.3 Å². The number of hydrogen-bond donors (Lipinski definition) is 0. The summed E-state index contributed by atoms with van der Waals surface area (Å²) in [5.41, 5.74) is 2.07. The molecule has 0 bridgehead atoms. The molecular weight excluding hydrogens is 543 g/mol. The molecule has 9 nitrogen and oxygen atoms in total. The number of ketones is 1. The number of methoxy groups -OCH3 is 3. The van der Waals surface area contributed by atoms with E-state index in [-0.39, 0.29) is 58.8 Å². The van der Waals surface area contributed by atoms with E-state index >= 15 is 0 Å². The van der Waals surface area contributed by atoms with Crippen molar-refractivity contribution in [1.82, 2.24) is 8.75 Å². The fourth-order valence-corrected chi connectivity index (χ4v) is 4.66. The van der Waals surface area contributed by atoms with E-state index in [1.807, 2.05) is 13.8 Å². The molecule has 4 rings (SSSR count). The molecule has 0 fully saturated rings. The summed E-state index contributed by atoms with van der Waals surface area (Å²) in [6.45, 7) is 3.75. The molecule has 0 aliphatic rings. The number of Topliss-reactive ketones (excluding diaryl/α,β-unsaturated/α-hetero) is 1. The van der Waals surface area contributed by atoms with Gasteiger partial charge in [0.25, 0.3) is 0 Å². The molecule has 0 aliphatic heterocycles. The number of rotatable bonds is 11. The van der Waals surface area contributed by atoms with Gasteiger partial charge in [0.05, 0.1) is 45.1 Å². The minimum Gasteiger partial charge on any atom is -0.545 e. The molecule has 4 aromatic rings. The normalized spacial score (nSPS) is 11.4. The SMILES string of the molecule is COc1ccc(C(=O)C(Cc2cc(OC)c(OC(C)C)c(OC)c2)=C(C(=O)[O-])c2ccc3nsnc3c2)cc1.[Na+]. The zero-order valence-corrected chi connectivity index (χ0v) is 26.0. The average molecular weight is 571 g/mol. The van der Waals surface area contributed by atoms with Crippen LogP contribution in [0.15, 0.2) is 60.2 Å². The van der Waals surface area contributed by atoms with Crippen LogP contribution >= 0.6 is 11.7 Å². The van der Waals surface area contributed by atoms with Crippen molar-refractivity contribution in [1.29, 1.82) is 0 Å². The number of carbonyl (C=O) groups excluding carboxylic acids is 2. The first-order valence-corrected chi connectivity index (χ1v) is 12.8. The van der Waals surface area contributed by atoms with Gasteiger partial charge in [-0.25, -0.2) is 0 Å². The second-order valence-electron chi connectivity index (χ2n) is 8.84. The van der Waals surface area contributed by atoms with Gasteiger partial charge in [-0.3, -0.25) is 4.79 Å². The maximum atomic E-state index is 13.9. The van der Waals surface area contributed by atoms with Gasteiger partial charge < -0.3 is 28.8 Å². The molecule has 0 radical (unpaired) electrons. The van der Waals surface area contributed by atoms with E-state index in [2.05, 4.69) is 8.75 Å². The van der Waals surface area contributed by atoms with Crippen molar-refractivity contribution in [2.75, 3.05) is 21.3 Å². The number of aromatic nitrogens is 2. The molecule has 0 atom stereocenters. The first-order valence-electron chi connectivity index (χ1n) is 12.0. The topological polar surface area (TPSA) is 120 Å². The van der Waals surface area contributed by atoms with Crippen molar-refractivity contribution in [3.05, 3.63) is 76.9 Å². The van der Waals surface area contributed by atoms with Crippen LogP contribution < -0.4 is 53.6 Å². The number of allylic oxidation sites excluding steroid dienone is 1. The molecule has 0 N–H and O–H groups in total. The number of hydrogen-bond acceptors (Lipinski definition) is 10. The van der Waals surface area contributed by atoms with Crippen molar-refractivity contribution < 1.29 is 63.2 Å². The minimum atomic E-state index is -1.49. The second-order valence-corrected chi connectivity index (χ2v) is 9.37. The molecule has 40 heavy (non-hydrogen) atoms. The van der Waals surface area contributed by atoms with Gasteiger partial charge in [-0.05, 0) is 73.5 Å². The van der Waals surface area contributed by atoms with Crippen LogP contribution in [-0.4, -0.2) is 47.9 Å². The molecule has 0 saturated carbocycles. The molecule has 0 spiro atoms. The molecule has 0 amide bonds. The fourth-order valence-electron chi connectivity index (χ4n) is 4.14. The smallest absolute Gasteiger partial charge is 0.545 e. The number of fused-ring (bicyclic) bond motifs is 1. The van der Waals surface area contributed by atoms with E-state index in [0.717, 1.165) is 11.7 Å². The van der Waals surface area contributed by atoms with Gasteiger partial charge in [-0.15, -0.1) is 0 Å². The van der Waals surface area contributed by atoms with Crippen molar-refractivity contribution in [3.63, 3.8) is 0 Å². The summed E-state index contributed by atoms with van der Waals surface area (Å²) in [7, 11) is 4.51. The van der Waals surface area contributed by atoms with Crippen LogP contribution in [0.25, 0.3) is 16.6 Å². The number of carbonyl (C=O) groups is 2. The Labute approximate surface area is 258 Å². The Kier molecular flexibility index (Phi) is 10.7. The molecule has 0 unspecified atom stereocenters. The molecular formula is C29H27N2NaO7S. The number of ether oxygens (including phenoxy) is 4. The van der Waals surface area contributed by atoms with Gasteiger partial charge in [0, 0.05) is 23.1 Å². The van der Waals surface area contributed by atoms with Crippen LogP contribution in [0.2, 0.25) is 0 Å². The van der Waals surface area contributed by atoms with Gasteiger partial charge in [-0.2, -0.15) is 8.75 Å². The molecule has 202 valence electrons. The van der Waals surface area contributed by atoms with Crippen LogP contribution in [0.5, 0.6) is 23.0 Å². The van der Waals surface area contributed by atoms with Crippen molar-refractivity contribution in [2.24, 2.45) is 0 Å². The quantitative estimate of drug-likeness (QED) is 0.149. The monoisotopic (exact) mass is 570 g/mol. The Morgan fingerprint density at radius 1 is 0.850 bits per heavy atom. The summed E-state index contributed by atoms with van der Waals surface area (Å²) in [6, 6.07) is 14.7. The Hall–Kier alpha value is -3.44. The average Bonchev–Trinajstić information content (AvgIpc) is 3.40. The van der Waals surface area contributed by atoms with E-state index in [1.165, 1.54) is 21.3 Å². The number of benzene rings is 3. The van der Waals surface area contributed by atoms with Crippen LogP contribution in [0.3, 0.4) is 0 Å². The van der Waals surface area contributed by atoms with Crippen molar-refractivity contribution >= 4 is 40.1 Å². The third-order valence-electron chi connectivity index (χ3n) is 5.93. The number of carboxylic acid groups (broad SMARTS) is 1. The number of carboxylic acids is 1. The van der Waals surface area contributed by atoms with Crippen molar-refractivity contribution in [2.45, 2.75) is 26.4 Å². The first kappa shape index (κ1) is 31.1. The minimum absolute atomic E-state index is 0. The Balaban J connectivity index is 0.00000441. The summed E-state index contributed by atoms with van der Waals surface area (Å²) in [6.07, 6.45) is -0.207. The first-order chi connectivity index (χ1) is 18.7. The Morgan fingerprint density at radius 3 is 2.00 bits per heavy atom. The number of aliphatic carboxylic acids is 1. The van der Waals surface area contributed by atoms with E-state index in [4.69, 9.17) is 18.9 Å². The van der Waals surface area contributed by atoms with Gasteiger partial charge in [0.15, 0.2) is 17.3 Å². The maximum absolute atomic E-state index is 13.9. The number of nitrogens with zero attached hydrogens (tertiary/aromatic N) is 2. The fraction of sp³-hybridized carbons (Fsp3) is 0.241. The summed E-state index contributed by atoms with van der Waals surface area (Å²) < 4.78 is 30.6. The summed E-state index contributed by atoms with van der Waals surface area (Å²) in [5.74, 6) is -0.221. The van der Waals surface area contributed by atoms with Crippen LogP contribution in [-0.2, 0) is 11.2 Å². The third-order valence-corrected chi connectivity index (χ3v) is 6.49. The summed E-state index contributed by atoms with van der Waals surface area (Å²) in [5, 5.41) is 12.6. The molecule has 1 heterocycles. The molecule has 3 aromatic carbocycles. The zero-order chi connectivity index (χ0) is 28.1. The maximum Gasteiger partial charge on any atom is 1.00 e. The summed E-state index contributed by atoms with van der Waals surface area (Å²) >= 11 is 1.02. The summed E-state index contributed by atoms with van der Waals surface area (Å²) in [4.78, 5) is 26.5. The Morgan fingerprint density at radius 2 is 1.45 bits per heavy atom. The van der Waals surface area contributed by atoms with Gasteiger partial charge >= 0.3 is 29.6 Å². The van der Waals surface area contributed by atoms with Crippen LogP contribution in [0, 0.1) is 0 Å². The van der Waals surface area contributed by atoms with Crippen LogP contribution in [0.4, 0.5) is 0 Å². The third kappa shape index (κ3) is 6.82. The van der Waals surface area contributed by atoms with E-state index < -0.39 is 11.8 Å². The van der Waals surface area contributed by atoms with Gasteiger partial charge in [0.2, 0.25) is 5.75 Å². The molecule has 0 aliphatic carbocycles. The molecule has 0 saturated heterocycles. The largest absolute Gasteiger partial charge is 1.00 e.